The van der Waals surface area contributed by atoms with Crippen LogP contribution in [-0.2, 0) is 0 Å². The van der Waals surface area contributed by atoms with Gasteiger partial charge in [0.05, 0.1) is 0 Å². The standard InChI is InChI=1S/C15H31N3/c1-14(2,3)17-9-7-8-12-10-16-18(13(12)11-17)15(4,5)6/h12-13,16H,7-11H2,1-6H3. The van der Waals surface area contributed by atoms with Crippen LogP contribution < -0.4 is 5.43 Å². The Balaban J connectivity index is 2.15. The molecule has 0 bridgehead atoms. The molecule has 2 fully saturated rings. The Labute approximate surface area is 113 Å². The van der Waals surface area contributed by atoms with E-state index in [2.05, 4.69) is 56.9 Å². The van der Waals surface area contributed by atoms with Crippen molar-refractivity contribution in [1.29, 1.82) is 0 Å². The van der Waals surface area contributed by atoms with Crippen LogP contribution in [0, 0.1) is 5.92 Å². The van der Waals surface area contributed by atoms with E-state index in [1.54, 1.807) is 0 Å². The summed E-state index contributed by atoms with van der Waals surface area (Å²) in [5.74, 6) is 0.830. The highest BCUT2D eigenvalue weighted by molar-refractivity contribution is 4.96. The Kier molecular flexibility index (Phi) is 3.79. The number of nitrogens with zero attached hydrogens (tertiary/aromatic N) is 2. The average Bonchev–Trinajstić information content (AvgIpc) is 2.47. The lowest BCUT2D eigenvalue weighted by atomic mass is 9.94. The Morgan fingerprint density at radius 1 is 1.00 bits per heavy atom. The number of hydrogen-bond acceptors (Lipinski definition) is 3. The van der Waals surface area contributed by atoms with E-state index < -0.39 is 0 Å². The fourth-order valence-electron chi connectivity index (χ4n) is 3.41. The van der Waals surface area contributed by atoms with E-state index in [1.165, 1.54) is 32.5 Å². The smallest absolute Gasteiger partial charge is 0.0417 e. The van der Waals surface area contributed by atoms with Gasteiger partial charge >= 0.3 is 0 Å². The average molecular weight is 253 g/mol. The van der Waals surface area contributed by atoms with Crippen LogP contribution in [-0.4, -0.2) is 46.7 Å². The molecule has 2 atom stereocenters. The van der Waals surface area contributed by atoms with E-state index >= 15 is 0 Å². The molecule has 0 saturated carbocycles. The van der Waals surface area contributed by atoms with E-state index in [0.29, 0.717) is 11.6 Å². The molecule has 0 aromatic carbocycles. The van der Waals surface area contributed by atoms with Gasteiger partial charge in [0.2, 0.25) is 0 Å². The summed E-state index contributed by atoms with van der Waals surface area (Å²) in [6.45, 7) is 17.6. The number of fused-ring (bicyclic) bond motifs is 1. The lowest BCUT2D eigenvalue weighted by molar-refractivity contribution is 0.0265. The number of hydrogen-bond donors (Lipinski definition) is 1. The molecule has 2 heterocycles. The molecule has 0 radical (unpaired) electrons. The van der Waals surface area contributed by atoms with Gasteiger partial charge in [-0.3, -0.25) is 10.3 Å². The second-order valence-corrected chi connectivity index (χ2v) is 7.99. The van der Waals surface area contributed by atoms with Crippen molar-refractivity contribution < 1.29 is 0 Å². The van der Waals surface area contributed by atoms with Crippen molar-refractivity contribution in [2.24, 2.45) is 5.92 Å². The first-order valence-electron chi connectivity index (χ1n) is 7.47. The van der Waals surface area contributed by atoms with Crippen LogP contribution in [0.1, 0.15) is 54.4 Å². The molecular formula is C15H31N3. The first-order chi connectivity index (χ1) is 8.19. The molecular weight excluding hydrogens is 222 g/mol. The van der Waals surface area contributed by atoms with Crippen LogP contribution in [0.3, 0.4) is 0 Å². The van der Waals surface area contributed by atoms with Gasteiger partial charge in [-0.1, -0.05) is 0 Å². The molecule has 3 heteroatoms. The topological polar surface area (TPSA) is 18.5 Å². The monoisotopic (exact) mass is 253 g/mol. The SMILES string of the molecule is CC(C)(C)N1CCCC2CNN(C(C)(C)C)C2C1. The molecule has 0 aromatic rings. The maximum atomic E-state index is 3.65. The van der Waals surface area contributed by atoms with Gasteiger partial charge in [0.1, 0.15) is 0 Å². The summed E-state index contributed by atoms with van der Waals surface area (Å²) in [4.78, 5) is 2.67. The van der Waals surface area contributed by atoms with E-state index in [-0.39, 0.29) is 5.54 Å². The predicted octanol–water partition coefficient (Wildman–Crippen LogP) is 2.48. The summed E-state index contributed by atoms with van der Waals surface area (Å²) in [6.07, 6.45) is 2.72. The molecule has 1 N–H and O–H groups in total. The highest BCUT2D eigenvalue weighted by Gasteiger charge is 2.42. The Hall–Kier alpha value is -0.120. The number of nitrogens with one attached hydrogen (secondary N) is 1. The lowest BCUT2D eigenvalue weighted by Gasteiger charge is -2.42. The third-order valence-electron chi connectivity index (χ3n) is 4.48. The second kappa shape index (κ2) is 4.77. The summed E-state index contributed by atoms with van der Waals surface area (Å²) >= 11 is 0. The molecule has 0 spiro atoms. The van der Waals surface area contributed by atoms with Crippen molar-refractivity contribution in [1.82, 2.24) is 15.3 Å². The quantitative estimate of drug-likeness (QED) is 0.715. The second-order valence-electron chi connectivity index (χ2n) is 7.99. The van der Waals surface area contributed by atoms with Gasteiger partial charge in [0, 0.05) is 30.2 Å². The minimum absolute atomic E-state index is 0.216. The molecule has 106 valence electrons. The van der Waals surface area contributed by atoms with E-state index in [9.17, 15) is 0 Å². The minimum atomic E-state index is 0.216. The summed E-state index contributed by atoms with van der Waals surface area (Å²) in [5, 5.41) is 2.52. The summed E-state index contributed by atoms with van der Waals surface area (Å²) in [7, 11) is 0. The Morgan fingerprint density at radius 3 is 2.22 bits per heavy atom. The van der Waals surface area contributed by atoms with Crippen molar-refractivity contribution in [3.63, 3.8) is 0 Å². The molecule has 2 aliphatic rings. The molecule has 0 aliphatic carbocycles. The van der Waals surface area contributed by atoms with Crippen molar-refractivity contribution in [2.75, 3.05) is 19.6 Å². The first-order valence-corrected chi connectivity index (χ1v) is 7.47. The maximum Gasteiger partial charge on any atom is 0.0417 e. The Bertz CT molecular complexity index is 287. The number of rotatable bonds is 0. The highest BCUT2D eigenvalue weighted by atomic mass is 15.6. The number of likely N-dealkylation sites (tertiary alicyclic amines) is 1. The van der Waals surface area contributed by atoms with Crippen LogP contribution >= 0.6 is 0 Å². The predicted molar refractivity (Wildman–Crippen MR) is 77.4 cm³/mol. The van der Waals surface area contributed by atoms with Gasteiger partial charge in [-0.2, -0.15) is 0 Å². The molecule has 2 aliphatic heterocycles. The zero-order valence-electron chi connectivity index (χ0n) is 13.1. The van der Waals surface area contributed by atoms with Crippen LogP contribution in [0.15, 0.2) is 0 Å². The largest absolute Gasteiger partial charge is 0.297 e. The molecule has 2 rings (SSSR count). The third-order valence-corrected chi connectivity index (χ3v) is 4.48. The van der Waals surface area contributed by atoms with Gasteiger partial charge in [-0.05, 0) is 66.8 Å². The van der Waals surface area contributed by atoms with Gasteiger partial charge in [0.15, 0.2) is 0 Å². The van der Waals surface area contributed by atoms with Gasteiger partial charge in [-0.15, -0.1) is 0 Å². The molecule has 2 saturated heterocycles. The normalized spacial score (nSPS) is 32.3. The van der Waals surface area contributed by atoms with E-state index in [4.69, 9.17) is 0 Å². The molecule has 0 aromatic heterocycles. The van der Waals surface area contributed by atoms with Crippen molar-refractivity contribution in [3.8, 4) is 0 Å². The fourth-order valence-corrected chi connectivity index (χ4v) is 3.41. The van der Waals surface area contributed by atoms with Gasteiger partial charge in [-0.25, -0.2) is 5.01 Å². The van der Waals surface area contributed by atoms with Crippen LogP contribution in [0.25, 0.3) is 0 Å². The Morgan fingerprint density at radius 2 is 1.67 bits per heavy atom. The minimum Gasteiger partial charge on any atom is -0.297 e. The number of hydrazine groups is 1. The first kappa shape index (κ1) is 14.3. The fraction of sp³-hybridized carbons (Fsp3) is 1.00. The lowest BCUT2D eigenvalue weighted by Crippen LogP contribution is -2.56. The zero-order chi connectivity index (χ0) is 13.6. The van der Waals surface area contributed by atoms with Crippen LogP contribution in [0.5, 0.6) is 0 Å². The molecule has 0 amide bonds. The highest BCUT2D eigenvalue weighted by Crippen LogP contribution is 2.32. The van der Waals surface area contributed by atoms with Crippen molar-refractivity contribution >= 4 is 0 Å². The van der Waals surface area contributed by atoms with Gasteiger partial charge in [0.25, 0.3) is 0 Å². The molecule has 3 nitrogen and oxygen atoms in total. The van der Waals surface area contributed by atoms with Crippen LogP contribution in [0.4, 0.5) is 0 Å². The van der Waals surface area contributed by atoms with Crippen LogP contribution in [0.2, 0.25) is 0 Å². The third kappa shape index (κ3) is 2.89. The maximum absolute atomic E-state index is 3.65. The molecule has 18 heavy (non-hydrogen) atoms. The summed E-state index contributed by atoms with van der Waals surface area (Å²) in [6, 6.07) is 0.673. The van der Waals surface area contributed by atoms with E-state index in [0.717, 1.165) is 5.92 Å². The van der Waals surface area contributed by atoms with Crippen molar-refractivity contribution in [2.45, 2.75) is 71.5 Å². The zero-order valence-corrected chi connectivity index (χ0v) is 13.1. The van der Waals surface area contributed by atoms with Crippen molar-refractivity contribution in [3.05, 3.63) is 0 Å². The summed E-state index contributed by atoms with van der Waals surface area (Å²) in [5.41, 5.74) is 4.15. The van der Waals surface area contributed by atoms with Gasteiger partial charge < -0.3 is 0 Å². The van der Waals surface area contributed by atoms with E-state index in [1.807, 2.05) is 0 Å². The molecule has 2 unspecified atom stereocenters. The summed E-state index contributed by atoms with van der Waals surface area (Å²) < 4.78 is 0.